The van der Waals surface area contributed by atoms with Crippen LogP contribution < -0.4 is 0 Å². The molecule has 1 unspecified atom stereocenters. The van der Waals surface area contributed by atoms with Crippen LogP contribution in [0.15, 0.2) is 35.2 Å². The van der Waals surface area contributed by atoms with E-state index in [4.69, 9.17) is 6.58 Å². The Morgan fingerprint density at radius 3 is 2.50 bits per heavy atom. The molecule has 0 N–H and O–H groups in total. The number of unbranched alkanes of at least 4 members (excludes halogenated alkanes) is 2. The summed E-state index contributed by atoms with van der Waals surface area (Å²) >= 11 is 1.68. The van der Waals surface area contributed by atoms with Crippen LogP contribution in [0.25, 0.3) is 0 Å². The average Bonchev–Trinajstić information content (AvgIpc) is 2.35. The second-order valence-corrected chi connectivity index (χ2v) is 4.95. The smallest absolute Gasteiger partial charge is 0.0149 e. The van der Waals surface area contributed by atoms with E-state index in [-0.39, 0.29) is 0 Å². The summed E-state index contributed by atoms with van der Waals surface area (Å²) in [5.74, 6) is 0.419. The zero-order valence-corrected chi connectivity index (χ0v) is 11.1. The summed E-state index contributed by atoms with van der Waals surface area (Å²) in [5.41, 5.74) is 1.35. The maximum atomic E-state index is 6.11. The van der Waals surface area contributed by atoms with E-state index in [1.165, 1.54) is 31.2 Å². The van der Waals surface area contributed by atoms with Gasteiger partial charge in [0.1, 0.15) is 0 Å². The van der Waals surface area contributed by atoms with Gasteiger partial charge in [-0.25, -0.2) is 0 Å². The highest BCUT2D eigenvalue weighted by Gasteiger charge is 2.13. The topological polar surface area (TPSA) is 0 Å². The molecule has 0 bridgehead atoms. The molecule has 0 amide bonds. The van der Waals surface area contributed by atoms with Gasteiger partial charge in [0.25, 0.3) is 0 Å². The van der Waals surface area contributed by atoms with E-state index in [9.17, 15) is 0 Å². The maximum Gasteiger partial charge on any atom is 0.0149 e. The largest absolute Gasteiger partial charge is 0.133 e. The molecule has 0 nitrogen and oxygen atoms in total. The predicted octanol–water partition coefficient (Wildman–Crippen LogP) is 5.03. The molecule has 1 radical (unpaired) electrons. The second kappa shape index (κ2) is 7.56. The Labute approximate surface area is 104 Å². The van der Waals surface area contributed by atoms with Gasteiger partial charge >= 0.3 is 0 Å². The molecule has 0 heterocycles. The molecule has 0 saturated heterocycles. The normalized spacial score (nSPS) is 12.4. The van der Waals surface area contributed by atoms with Crippen LogP contribution in [0.4, 0.5) is 0 Å². The first-order chi connectivity index (χ1) is 7.79. The fourth-order valence-electron chi connectivity index (χ4n) is 1.90. The van der Waals surface area contributed by atoms with Gasteiger partial charge in [-0.3, -0.25) is 0 Å². The zero-order chi connectivity index (χ0) is 11.8. The summed E-state index contributed by atoms with van der Waals surface area (Å²) in [6.07, 6.45) is 7.05. The van der Waals surface area contributed by atoms with Gasteiger partial charge < -0.3 is 0 Å². The number of allylic oxidation sites excluding steroid dienone is 1. The second-order valence-electron chi connectivity index (χ2n) is 4.07. The molecule has 0 aromatic heterocycles. The molecule has 0 saturated carbocycles. The molecule has 1 heteroatoms. The van der Waals surface area contributed by atoms with E-state index in [1.54, 1.807) is 11.8 Å². The third-order valence-electron chi connectivity index (χ3n) is 2.88. The van der Waals surface area contributed by atoms with Gasteiger partial charge in [0, 0.05) is 5.92 Å². The van der Waals surface area contributed by atoms with Crippen LogP contribution in [0.3, 0.4) is 0 Å². The average molecular weight is 233 g/mol. The minimum absolute atomic E-state index is 0.419. The Morgan fingerprint density at radius 2 is 1.94 bits per heavy atom. The Kier molecular flexibility index (Phi) is 6.32. The molecular formula is C15H21S. The summed E-state index contributed by atoms with van der Waals surface area (Å²) in [6, 6.07) is 10.6. The Bertz CT molecular complexity index is 302. The molecule has 1 aromatic carbocycles. The Morgan fingerprint density at radius 1 is 1.25 bits per heavy atom. The van der Waals surface area contributed by atoms with Gasteiger partial charge in [0.05, 0.1) is 0 Å². The van der Waals surface area contributed by atoms with Gasteiger partial charge in [-0.15, -0.1) is 11.8 Å². The fourth-order valence-corrected chi connectivity index (χ4v) is 2.44. The van der Waals surface area contributed by atoms with Crippen LogP contribution in [-0.2, 0) is 0 Å². The molecule has 1 rings (SSSR count). The first-order valence-corrected chi connectivity index (χ1v) is 7.23. The molecule has 87 valence electrons. The van der Waals surface area contributed by atoms with Gasteiger partial charge in [-0.05, 0) is 23.1 Å². The van der Waals surface area contributed by atoms with Crippen LogP contribution in [0.5, 0.6) is 0 Å². The minimum atomic E-state index is 0.419. The van der Waals surface area contributed by atoms with E-state index in [0.717, 1.165) is 4.91 Å². The quantitative estimate of drug-likeness (QED) is 0.595. The van der Waals surface area contributed by atoms with Crippen molar-refractivity contribution in [2.75, 3.05) is 6.26 Å². The highest BCUT2D eigenvalue weighted by molar-refractivity contribution is 8.02. The first-order valence-electron chi connectivity index (χ1n) is 6.00. The van der Waals surface area contributed by atoms with Crippen molar-refractivity contribution in [3.8, 4) is 0 Å². The number of hydrogen-bond acceptors (Lipinski definition) is 1. The van der Waals surface area contributed by atoms with Crippen molar-refractivity contribution in [1.29, 1.82) is 0 Å². The van der Waals surface area contributed by atoms with Crippen LogP contribution in [-0.4, -0.2) is 6.26 Å². The Balaban J connectivity index is 2.68. The SMILES string of the molecule is [CH]=C(SC)C(CCCCC)c1ccccc1. The van der Waals surface area contributed by atoms with Gasteiger partial charge in [0.15, 0.2) is 0 Å². The molecule has 16 heavy (non-hydrogen) atoms. The van der Waals surface area contributed by atoms with Crippen LogP contribution in [0.2, 0.25) is 0 Å². The summed E-state index contributed by atoms with van der Waals surface area (Å²) < 4.78 is 0. The van der Waals surface area contributed by atoms with Crippen LogP contribution in [0.1, 0.15) is 44.1 Å². The Hall–Kier alpha value is -0.690. The van der Waals surface area contributed by atoms with Gasteiger partial charge in [-0.1, -0.05) is 63.1 Å². The highest BCUT2D eigenvalue weighted by Crippen LogP contribution is 2.33. The lowest BCUT2D eigenvalue weighted by Gasteiger charge is -2.18. The van der Waals surface area contributed by atoms with Crippen LogP contribution >= 0.6 is 11.8 Å². The van der Waals surface area contributed by atoms with E-state index in [2.05, 4.69) is 43.5 Å². The van der Waals surface area contributed by atoms with E-state index in [1.807, 2.05) is 0 Å². The first kappa shape index (κ1) is 13.4. The van der Waals surface area contributed by atoms with Crippen molar-refractivity contribution in [2.45, 2.75) is 38.5 Å². The van der Waals surface area contributed by atoms with Gasteiger partial charge in [0.2, 0.25) is 0 Å². The lowest BCUT2D eigenvalue weighted by molar-refractivity contribution is 0.625. The fraction of sp³-hybridized carbons (Fsp3) is 0.467. The summed E-state index contributed by atoms with van der Waals surface area (Å²) in [6.45, 7) is 8.35. The molecule has 1 aromatic rings. The molecule has 0 aliphatic rings. The van der Waals surface area contributed by atoms with Crippen molar-refractivity contribution >= 4 is 11.8 Å². The zero-order valence-electron chi connectivity index (χ0n) is 10.3. The number of benzene rings is 1. The van der Waals surface area contributed by atoms with E-state index < -0.39 is 0 Å². The standard InChI is InChI=1S/C15H21S/c1-4-5-7-12-15(13(2)16-3)14-10-8-6-9-11-14/h2,6,8-11,15H,4-5,7,12H2,1,3H3. The maximum absolute atomic E-state index is 6.11. The van der Waals surface area contributed by atoms with Crippen molar-refractivity contribution in [3.05, 3.63) is 47.4 Å². The third-order valence-corrected chi connectivity index (χ3v) is 3.63. The summed E-state index contributed by atoms with van der Waals surface area (Å²) in [5, 5.41) is 0. The predicted molar refractivity (Wildman–Crippen MR) is 74.7 cm³/mol. The lowest BCUT2D eigenvalue weighted by Crippen LogP contribution is -2.00. The summed E-state index contributed by atoms with van der Waals surface area (Å²) in [4.78, 5) is 1.04. The van der Waals surface area contributed by atoms with Crippen molar-refractivity contribution in [3.63, 3.8) is 0 Å². The number of thioether (sulfide) groups is 1. The summed E-state index contributed by atoms with van der Waals surface area (Å²) in [7, 11) is 0. The van der Waals surface area contributed by atoms with Crippen molar-refractivity contribution < 1.29 is 0 Å². The van der Waals surface area contributed by atoms with Crippen molar-refractivity contribution in [1.82, 2.24) is 0 Å². The van der Waals surface area contributed by atoms with Crippen molar-refractivity contribution in [2.24, 2.45) is 0 Å². The van der Waals surface area contributed by atoms with E-state index >= 15 is 0 Å². The van der Waals surface area contributed by atoms with Gasteiger partial charge in [-0.2, -0.15) is 0 Å². The number of rotatable bonds is 7. The highest BCUT2D eigenvalue weighted by atomic mass is 32.2. The lowest BCUT2D eigenvalue weighted by atomic mass is 9.93. The molecular weight excluding hydrogens is 212 g/mol. The van der Waals surface area contributed by atoms with E-state index in [0.29, 0.717) is 5.92 Å². The molecule has 1 atom stereocenters. The minimum Gasteiger partial charge on any atom is -0.133 e. The third kappa shape index (κ3) is 4.05. The monoisotopic (exact) mass is 233 g/mol. The van der Waals surface area contributed by atoms with Crippen LogP contribution in [0, 0.1) is 6.58 Å². The molecule has 0 aliphatic carbocycles. The molecule has 0 fully saturated rings. The molecule has 0 aliphatic heterocycles. The molecule has 0 spiro atoms. The number of hydrogen-bond donors (Lipinski definition) is 0.